The minimum absolute atomic E-state index is 0.223. The fraction of sp³-hybridized carbons (Fsp3) is 0.143. The van der Waals surface area contributed by atoms with Gasteiger partial charge in [-0.1, -0.05) is 12.1 Å². The molecule has 0 atom stereocenters. The van der Waals surface area contributed by atoms with Gasteiger partial charge >= 0.3 is 0 Å². The summed E-state index contributed by atoms with van der Waals surface area (Å²) in [5.74, 6) is 0.421. The first-order valence-electron chi connectivity index (χ1n) is 5.86. The van der Waals surface area contributed by atoms with Crippen LogP contribution >= 0.6 is 15.9 Å². The van der Waals surface area contributed by atoms with Gasteiger partial charge in [-0.2, -0.15) is 4.98 Å². The molecule has 5 heteroatoms. The smallest absolute Gasteiger partial charge is 0.198 e. The van der Waals surface area contributed by atoms with E-state index < -0.39 is 0 Å². The van der Waals surface area contributed by atoms with Crippen LogP contribution in [-0.2, 0) is 12.8 Å². The lowest BCUT2D eigenvalue weighted by atomic mass is 10.1. The van der Waals surface area contributed by atoms with Gasteiger partial charge in [0.15, 0.2) is 17.1 Å². The zero-order chi connectivity index (χ0) is 13.2. The van der Waals surface area contributed by atoms with Crippen LogP contribution in [0, 0.1) is 5.82 Å². The van der Waals surface area contributed by atoms with E-state index in [0.717, 1.165) is 16.5 Å². The molecule has 0 aliphatic heterocycles. The molecule has 0 aliphatic rings. The van der Waals surface area contributed by atoms with E-state index in [1.165, 1.54) is 12.1 Å². The maximum absolute atomic E-state index is 12.8. The maximum Gasteiger partial charge on any atom is 0.198 e. The van der Waals surface area contributed by atoms with Crippen molar-refractivity contribution in [1.29, 1.82) is 0 Å². The van der Waals surface area contributed by atoms with Gasteiger partial charge in [-0.3, -0.25) is 0 Å². The predicted octanol–water partition coefficient (Wildman–Crippen LogP) is 3.91. The summed E-state index contributed by atoms with van der Waals surface area (Å²) in [6.45, 7) is 0. The zero-order valence-electron chi connectivity index (χ0n) is 9.94. The summed E-state index contributed by atoms with van der Waals surface area (Å²) >= 11 is 3.34. The number of pyridine rings is 1. The van der Waals surface area contributed by atoms with Gasteiger partial charge in [-0.25, -0.2) is 9.37 Å². The Morgan fingerprint density at radius 2 is 1.95 bits per heavy atom. The maximum atomic E-state index is 12.8. The first-order valence-corrected chi connectivity index (χ1v) is 6.65. The lowest BCUT2D eigenvalue weighted by molar-refractivity contribution is 0.528. The largest absolute Gasteiger partial charge is 0.439 e. The first-order chi connectivity index (χ1) is 9.20. The number of halogens is 2. The molecule has 0 aliphatic carbocycles. The molecule has 0 radical (unpaired) electrons. The topological polar surface area (TPSA) is 38.9 Å². The normalized spacial score (nSPS) is 11.1. The van der Waals surface area contributed by atoms with E-state index in [4.69, 9.17) is 4.42 Å². The van der Waals surface area contributed by atoms with Crippen LogP contribution in [0.25, 0.3) is 11.2 Å². The second kappa shape index (κ2) is 5.09. The molecule has 2 aromatic heterocycles. The fourth-order valence-electron chi connectivity index (χ4n) is 1.85. The monoisotopic (exact) mass is 320 g/mol. The first kappa shape index (κ1) is 12.3. The molecule has 3 rings (SSSR count). The van der Waals surface area contributed by atoms with E-state index >= 15 is 0 Å². The molecule has 0 fully saturated rings. The molecular weight excluding hydrogens is 311 g/mol. The van der Waals surface area contributed by atoms with E-state index in [1.807, 2.05) is 6.07 Å². The average molecular weight is 321 g/mol. The molecule has 96 valence electrons. The number of aromatic nitrogens is 2. The Bertz CT molecular complexity index is 709. The molecular formula is C14H10BrFN2O. The van der Waals surface area contributed by atoms with Crippen LogP contribution in [0.5, 0.6) is 0 Å². The van der Waals surface area contributed by atoms with Crippen molar-refractivity contribution in [2.75, 3.05) is 0 Å². The minimum Gasteiger partial charge on any atom is -0.439 e. The second-order valence-electron chi connectivity index (χ2n) is 4.21. The third kappa shape index (κ3) is 2.81. The molecule has 0 unspecified atom stereocenters. The van der Waals surface area contributed by atoms with Crippen LogP contribution in [0.15, 0.2) is 45.4 Å². The van der Waals surface area contributed by atoms with Crippen molar-refractivity contribution in [3.8, 4) is 0 Å². The molecule has 0 saturated heterocycles. The molecule has 3 aromatic rings. The molecule has 0 bridgehead atoms. The number of hydrogen-bond acceptors (Lipinski definition) is 3. The Kier molecular flexibility index (Phi) is 3.29. The Labute approximate surface area is 117 Å². The van der Waals surface area contributed by atoms with Crippen molar-refractivity contribution in [3.05, 3.63) is 58.3 Å². The molecule has 0 spiro atoms. The molecule has 1 aromatic carbocycles. The van der Waals surface area contributed by atoms with Crippen molar-refractivity contribution < 1.29 is 8.81 Å². The Morgan fingerprint density at radius 3 is 2.74 bits per heavy atom. The highest BCUT2D eigenvalue weighted by atomic mass is 79.9. The molecule has 0 N–H and O–H groups in total. The van der Waals surface area contributed by atoms with E-state index in [2.05, 4.69) is 25.9 Å². The van der Waals surface area contributed by atoms with Crippen molar-refractivity contribution >= 4 is 27.2 Å². The van der Waals surface area contributed by atoms with Gasteiger partial charge in [0.1, 0.15) is 5.82 Å². The standard InChI is InChI=1S/C14H10BrFN2O/c15-10-7-12-14(17-8-10)18-13(19-12)6-3-9-1-4-11(16)5-2-9/h1-2,4-5,7-8H,3,6H2. The highest BCUT2D eigenvalue weighted by Gasteiger charge is 2.07. The van der Waals surface area contributed by atoms with Crippen LogP contribution in [-0.4, -0.2) is 9.97 Å². The molecule has 2 heterocycles. The van der Waals surface area contributed by atoms with Gasteiger partial charge in [0, 0.05) is 23.2 Å². The zero-order valence-corrected chi connectivity index (χ0v) is 11.5. The van der Waals surface area contributed by atoms with E-state index in [0.29, 0.717) is 23.5 Å². The summed E-state index contributed by atoms with van der Waals surface area (Å²) in [4.78, 5) is 8.48. The van der Waals surface area contributed by atoms with Crippen LogP contribution in [0.4, 0.5) is 4.39 Å². The summed E-state index contributed by atoms with van der Waals surface area (Å²) in [7, 11) is 0. The van der Waals surface area contributed by atoms with Gasteiger partial charge in [0.25, 0.3) is 0 Å². The van der Waals surface area contributed by atoms with Gasteiger partial charge in [0.2, 0.25) is 0 Å². The van der Waals surface area contributed by atoms with Gasteiger partial charge in [0.05, 0.1) is 0 Å². The number of oxazole rings is 1. The summed E-state index contributed by atoms with van der Waals surface area (Å²) in [6, 6.07) is 8.30. The third-order valence-electron chi connectivity index (χ3n) is 2.80. The lowest BCUT2D eigenvalue weighted by Crippen LogP contribution is -1.91. The highest BCUT2D eigenvalue weighted by molar-refractivity contribution is 9.10. The van der Waals surface area contributed by atoms with Crippen molar-refractivity contribution in [3.63, 3.8) is 0 Å². The summed E-state index contributed by atoms with van der Waals surface area (Å²) in [5, 5.41) is 0. The molecule has 0 amide bonds. The van der Waals surface area contributed by atoms with Crippen LogP contribution in [0.1, 0.15) is 11.5 Å². The number of nitrogens with zero attached hydrogens (tertiary/aromatic N) is 2. The quantitative estimate of drug-likeness (QED) is 0.734. The van der Waals surface area contributed by atoms with E-state index in [9.17, 15) is 4.39 Å². The molecule has 19 heavy (non-hydrogen) atoms. The van der Waals surface area contributed by atoms with Crippen molar-refractivity contribution in [1.82, 2.24) is 9.97 Å². The number of rotatable bonds is 3. The van der Waals surface area contributed by atoms with Gasteiger partial charge in [-0.15, -0.1) is 0 Å². The number of hydrogen-bond donors (Lipinski definition) is 0. The summed E-state index contributed by atoms with van der Waals surface area (Å²) in [6.07, 6.45) is 3.11. The molecule has 0 saturated carbocycles. The summed E-state index contributed by atoms with van der Waals surface area (Å²) < 4.78 is 19.3. The average Bonchev–Trinajstić information content (AvgIpc) is 2.80. The van der Waals surface area contributed by atoms with Crippen LogP contribution < -0.4 is 0 Å². The number of fused-ring (bicyclic) bond motifs is 1. The molecule has 3 nitrogen and oxygen atoms in total. The fourth-order valence-corrected chi connectivity index (χ4v) is 2.16. The van der Waals surface area contributed by atoms with Crippen LogP contribution in [0.2, 0.25) is 0 Å². The minimum atomic E-state index is -0.223. The predicted molar refractivity (Wildman–Crippen MR) is 73.3 cm³/mol. The number of aryl methyl sites for hydroxylation is 2. The summed E-state index contributed by atoms with van der Waals surface area (Å²) in [5.41, 5.74) is 2.33. The SMILES string of the molecule is Fc1ccc(CCc2nc3ncc(Br)cc3o2)cc1. The van der Waals surface area contributed by atoms with E-state index in [1.54, 1.807) is 18.3 Å². The second-order valence-corrected chi connectivity index (χ2v) is 5.13. The highest BCUT2D eigenvalue weighted by Crippen LogP contribution is 2.19. The lowest BCUT2D eigenvalue weighted by Gasteiger charge is -1.97. The third-order valence-corrected chi connectivity index (χ3v) is 3.23. The van der Waals surface area contributed by atoms with E-state index in [-0.39, 0.29) is 5.82 Å². The Morgan fingerprint density at radius 1 is 1.16 bits per heavy atom. The Balaban J connectivity index is 1.76. The Hall–Kier alpha value is -1.75. The van der Waals surface area contributed by atoms with Gasteiger partial charge in [-0.05, 0) is 40.0 Å². The van der Waals surface area contributed by atoms with Crippen molar-refractivity contribution in [2.24, 2.45) is 0 Å². The number of benzene rings is 1. The van der Waals surface area contributed by atoms with Crippen LogP contribution in [0.3, 0.4) is 0 Å². The van der Waals surface area contributed by atoms with Gasteiger partial charge < -0.3 is 4.42 Å². The van der Waals surface area contributed by atoms with Crippen molar-refractivity contribution in [2.45, 2.75) is 12.8 Å².